The van der Waals surface area contributed by atoms with Crippen LogP contribution >= 0.6 is 12.2 Å². The van der Waals surface area contributed by atoms with E-state index >= 15 is 0 Å². The lowest BCUT2D eigenvalue weighted by Gasteiger charge is -2.28. The van der Waals surface area contributed by atoms with Crippen LogP contribution in [0.3, 0.4) is 0 Å². The lowest BCUT2D eigenvalue weighted by Crippen LogP contribution is -2.36. The Hall–Kier alpha value is -2.22. The van der Waals surface area contributed by atoms with Crippen LogP contribution in [0.15, 0.2) is 18.3 Å². The summed E-state index contributed by atoms with van der Waals surface area (Å²) >= 11 is 5.38. The molecular formula is C17H20F2N4OS. The average molecular weight is 366 g/mol. The van der Waals surface area contributed by atoms with Crippen molar-refractivity contribution in [1.29, 1.82) is 0 Å². The van der Waals surface area contributed by atoms with Crippen molar-refractivity contribution in [2.45, 2.75) is 38.8 Å². The molecule has 0 aliphatic heterocycles. The number of rotatable bonds is 4. The number of urea groups is 1. The fraction of sp³-hybridized carbons (Fsp3) is 0.412. The number of amides is 2. The zero-order valence-electron chi connectivity index (χ0n) is 13.9. The molecule has 0 spiro atoms. The minimum absolute atomic E-state index is 0.0194. The standard InChI is InChI=1S/C17H20F2N4OS/c1-2-22(16(20)24)9-13-8-21-17(25)23(13)12-3-4-14-10(6-12)5-11(18)7-15(14)19/h5,7-8,12H,2-4,6,9H2,1H3,(H2,20,24)(H,21,25). The van der Waals surface area contributed by atoms with Gasteiger partial charge in [-0.1, -0.05) is 0 Å². The lowest BCUT2D eigenvalue weighted by atomic mass is 9.87. The summed E-state index contributed by atoms with van der Waals surface area (Å²) in [5, 5.41) is 0. The molecule has 1 atom stereocenters. The Morgan fingerprint density at radius 3 is 2.92 bits per heavy atom. The van der Waals surface area contributed by atoms with Crippen molar-refractivity contribution >= 4 is 18.2 Å². The minimum atomic E-state index is -0.569. The van der Waals surface area contributed by atoms with Gasteiger partial charge in [0, 0.05) is 24.8 Å². The van der Waals surface area contributed by atoms with E-state index in [1.54, 1.807) is 6.20 Å². The predicted molar refractivity (Wildman–Crippen MR) is 92.7 cm³/mol. The Balaban J connectivity index is 1.92. The zero-order valence-corrected chi connectivity index (χ0v) is 14.7. The molecule has 0 radical (unpaired) electrons. The third-order valence-corrected chi connectivity index (χ3v) is 5.05. The van der Waals surface area contributed by atoms with E-state index in [-0.39, 0.29) is 6.04 Å². The number of aromatic amines is 1. The fourth-order valence-corrected chi connectivity index (χ4v) is 3.81. The average Bonchev–Trinajstić information content (AvgIpc) is 2.92. The number of H-pyrrole nitrogens is 1. The summed E-state index contributed by atoms with van der Waals surface area (Å²) < 4.78 is 30.0. The minimum Gasteiger partial charge on any atom is -0.351 e. The second-order valence-electron chi connectivity index (χ2n) is 6.23. The molecule has 8 heteroatoms. The van der Waals surface area contributed by atoms with Crippen LogP contribution in [0.25, 0.3) is 0 Å². The molecule has 1 aliphatic carbocycles. The van der Waals surface area contributed by atoms with E-state index in [1.807, 2.05) is 11.5 Å². The number of hydrogen-bond donors (Lipinski definition) is 2. The molecule has 1 aliphatic rings. The van der Waals surface area contributed by atoms with Crippen molar-refractivity contribution in [2.75, 3.05) is 6.54 Å². The van der Waals surface area contributed by atoms with Crippen molar-refractivity contribution in [3.63, 3.8) is 0 Å². The highest BCUT2D eigenvalue weighted by Crippen LogP contribution is 2.32. The summed E-state index contributed by atoms with van der Waals surface area (Å²) in [5.74, 6) is -1.06. The van der Waals surface area contributed by atoms with Crippen LogP contribution < -0.4 is 5.73 Å². The van der Waals surface area contributed by atoms with Gasteiger partial charge in [0.05, 0.1) is 12.2 Å². The van der Waals surface area contributed by atoms with E-state index in [9.17, 15) is 13.6 Å². The SMILES string of the molecule is CCN(Cc1c[nH]c(=S)n1C1CCc2c(F)cc(F)cc2C1)C(N)=O. The van der Waals surface area contributed by atoms with Crippen LogP contribution in [0.2, 0.25) is 0 Å². The van der Waals surface area contributed by atoms with Gasteiger partial charge in [0.1, 0.15) is 11.6 Å². The number of carbonyl (C=O) groups is 1. The molecule has 0 saturated heterocycles. The number of nitrogens with two attached hydrogens (primary N) is 1. The third-order valence-electron chi connectivity index (χ3n) is 4.74. The number of hydrogen-bond acceptors (Lipinski definition) is 2. The molecule has 0 bridgehead atoms. The van der Waals surface area contributed by atoms with Crippen molar-refractivity contribution < 1.29 is 13.6 Å². The van der Waals surface area contributed by atoms with Gasteiger partial charge in [0.25, 0.3) is 0 Å². The highest BCUT2D eigenvalue weighted by atomic mass is 32.1. The molecule has 134 valence electrons. The van der Waals surface area contributed by atoms with E-state index in [0.29, 0.717) is 48.2 Å². The zero-order chi connectivity index (χ0) is 18.1. The molecule has 1 unspecified atom stereocenters. The number of imidazole rings is 1. The normalized spacial score (nSPS) is 16.5. The summed E-state index contributed by atoms with van der Waals surface area (Å²) in [4.78, 5) is 16.0. The number of carbonyl (C=O) groups excluding carboxylic acids is 1. The van der Waals surface area contributed by atoms with Crippen LogP contribution in [-0.2, 0) is 19.4 Å². The molecule has 0 saturated carbocycles. The number of fused-ring (bicyclic) bond motifs is 1. The third kappa shape index (κ3) is 3.44. The van der Waals surface area contributed by atoms with Gasteiger partial charge in [0.2, 0.25) is 0 Å². The molecule has 0 fully saturated rings. The van der Waals surface area contributed by atoms with Crippen molar-refractivity contribution in [2.24, 2.45) is 5.73 Å². The maximum Gasteiger partial charge on any atom is 0.315 e. The Kier molecular flexibility index (Phi) is 4.89. The highest BCUT2D eigenvalue weighted by Gasteiger charge is 2.26. The summed E-state index contributed by atoms with van der Waals surface area (Å²) in [7, 11) is 0. The van der Waals surface area contributed by atoms with Gasteiger partial charge in [-0.05, 0) is 55.6 Å². The molecule has 25 heavy (non-hydrogen) atoms. The smallest absolute Gasteiger partial charge is 0.315 e. The van der Waals surface area contributed by atoms with E-state index < -0.39 is 17.7 Å². The molecule has 3 N–H and O–H groups in total. The number of halogens is 2. The van der Waals surface area contributed by atoms with E-state index in [0.717, 1.165) is 11.8 Å². The van der Waals surface area contributed by atoms with Gasteiger partial charge >= 0.3 is 6.03 Å². The molecule has 1 aromatic heterocycles. The number of benzene rings is 1. The van der Waals surface area contributed by atoms with Gasteiger partial charge in [0.15, 0.2) is 4.77 Å². The number of primary amides is 1. The van der Waals surface area contributed by atoms with E-state index in [1.165, 1.54) is 11.0 Å². The van der Waals surface area contributed by atoms with Crippen LogP contribution in [0.5, 0.6) is 0 Å². The van der Waals surface area contributed by atoms with Crippen molar-refractivity contribution in [3.05, 3.63) is 51.6 Å². The van der Waals surface area contributed by atoms with Gasteiger partial charge < -0.3 is 20.2 Å². The molecule has 2 aromatic rings. The largest absolute Gasteiger partial charge is 0.351 e. The van der Waals surface area contributed by atoms with Gasteiger partial charge in [-0.15, -0.1) is 0 Å². The molecule has 1 heterocycles. The second-order valence-corrected chi connectivity index (χ2v) is 6.62. The summed E-state index contributed by atoms with van der Waals surface area (Å²) in [6, 6.07) is 1.80. The number of aromatic nitrogens is 2. The monoisotopic (exact) mass is 366 g/mol. The maximum atomic E-state index is 13.9. The molecule has 1 aromatic carbocycles. The van der Waals surface area contributed by atoms with Crippen LogP contribution in [0, 0.1) is 16.4 Å². The topological polar surface area (TPSA) is 67.1 Å². The summed E-state index contributed by atoms with van der Waals surface area (Å²) in [6.45, 7) is 2.66. The summed E-state index contributed by atoms with van der Waals surface area (Å²) in [5.41, 5.74) is 7.46. The predicted octanol–water partition coefficient (Wildman–Crippen LogP) is 3.45. The molecule has 2 amide bonds. The number of nitrogens with zero attached hydrogens (tertiary/aromatic N) is 2. The fourth-order valence-electron chi connectivity index (χ4n) is 3.48. The Morgan fingerprint density at radius 2 is 2.24 bits per heavy atom. The van der Waals surface area contributed by atoms with Crippen LogP contribution in [-0.4, -0.2) is 27.0 Å². The Bertz CT molecular complexity index is 861. The van der Waals surface area contributed by atoms with Crippen LogP contribution in [0.4, 0.5) is 13.6 Å². The van der Waals surface area contributed by atoms with Crippen LogP contribution in [0.1, 0.15) is 36.2 Å². The maximum absolute atomic E-state index is 13.9. The first-order chi connectivity index (χ1) is 11.9. The van der Waals surface area contributed by atoms with Gasteiger partial charge in [-0.2, -0.15) is 0 Å². The molecule has 3 rings (SSSR count). The quantitative estimate of drug-likeness (QED) is 0.814. The lowest BCUT2D eigenvalue weighted by molar-refractivity contribution is 0.206. The van der Waals surface area contributed by atoms with Crippen molar-refractivity contribution in [3.8, 4) is 0 Å². The Morgan fingerprint density at radius 1 is 1.48 bits per heavy atom. The first kappa shape index (κ1) is 17.6. The number of nitrogens with one attached hydrogen (secondary N) is 1. The highest BCUT2D eigenvalue weighted by molar-refractivity contribution is 7.71. The van der Waals surface area contributed by atoms with Crippen molar-refractivity contribution in [1.82, 2.24) is 14.5 Å². The first-order valence-corrected chi connectivity index (χ1v) is 8.61. The Labute approximate surface area is 149 Å². The van der Waals surface area contributed by atoms with E-state index in [4.69, 9.17) is 18.0 Å². The second kappa shape index (κ2) is 6.95. The van der Waals surface area contributed by atoms with Gasteiger partial charge in [-0.25, -0.2) is 13.6 Å². The van der Waals surface area contributed by atoms with E-state index in [2.05, 4.69) is 4.98 Å². The van der Waals surface area contributed by atoms with Gasteiger partial charge in [-0.3, -0.25) is 0 Å². The first-order valence-electron chi connectivity index (χ1n) is 8.20. The molecule has 5 nitrogen and oxygen atoms in total. The summed E-state index contributed by atoms with van der Waals surface area (Å²) in [6.07, 6.45) is 3.46. The molecular weight excluding hydrogens is 346 g/mol.